The Kier molecular flexibility index (Phi) is 9.69. The van der Waals surface area contributed by atoms with Gasteiger partial charge in [0.2, 0.25) is 0 Å². The standard InChI is InChI=1S/C16H17N4.C9H7N2.CN.Ir/c1-11-9-12(2)14(16-18-6-8-20(16)4)10-13(11)15-17-5-7-19(15)3;1-2-5-9(6-3-1)11-8-4-7-10-11;1-2;/h5-9H,1-4H3;1-5,7-8H;;/q3*-1;+3. The Hall–Kier alpha value is -3.79. The summed E-state index contributed by atoms with van der Waals surface area (Å²) in [4.78, 5) is 8.85. The second-order valence-corrected chi connectivity index (χ2v) is 7.31. The molecule has 8 heteroatoms. The second-order valence-electron chi connectivity index (χ2n) is 7.31. The first-order chi connectivity index (χ1) is 16.0. The molecule has 0 fully saturated rings. The third-order valence-electron chi connectivity index (χ3n) is 5.01. The molecule has 0 saturated carbocycles. The minimum atomic E-state index is 0. The molecule has 34 heavy (non-hydrogen) atoms. The zero-order chi connectivity index (χ0) is 23.8. The van der Waals surface area contributed by atoms with Crippen molar-refractivity contribution in [2.45, 2.75) is 13.8 Å². The summed E-state index contributed by atoms with van der Waals surface area (Å²) in [6.45, 7) is 8.94. The first-order valence-electron chi connectivity index (χ1n) is 10.2. The van der Waals surface area contributed by atoms with E-state index in [4.69, 9.17) is 11.8 Å². The van der Waals surface area contributed by atoms with Gasteiger partial charge in [-0.05, 0) is 11.8 Å². The maximum absolute atomic E-state index is 6.25. The first-order valence-corrected chi connectivity index (χ1v) is 10.2. The van der Waals surface area contributed by atoms with E-state index in [1.165, 1.54) is 11.1 Å². The molecule has 5 rings (SSSR count). The van der Waals surface area contributed by atoms with Gasteiger partial charge in [0.15, 0.2) is 0 Å². The number of para-hydroxylation sites is 1. The van der Waals surface area contributed by atoms with Crippen LogP contribution in [0.1, 0.15) is 11.1 Å². The summed E-state index contributed by atoms with van der Waals surface area (Å²) in [5, 5.41) is 10.3. The van der Waals surface area contributed by atoms with Crippen molar-refractivity contribution >= 4 is 0 Å². The molecule has 0 unspecified atom stereocenters. The maximum Gasteiger partial charge on any atom is 3.00 e. The normalized spacial score (nSPS) is 9.71. The molecule has 3 heterocycles. The first kappa shape index (κ1) is 26.5. The number of benzene rings is 2. The van der Waals surface area contributed by atoms with Gasteiger partial charge < -0.3 is 21.0 Å². The SMILES string of the molecule is Cc1cc(C)c(-c2nccn2C)[c-]c1-c1nccn1C.[C-]#N.[Ir+3].[c-]1ccccc1-n1cccn1. The molecule has 0 bridgehead atoms. The van der Waals surface area contributed by atoms with Gasteiger partial charge >= 0.3 is 20.1 Å². The Morgan fingerprint density at radius 2 is 1.41 bits per heavy atom. The van der Waals surface area contributed by atoms with Gasteiger partial charge in [0.25, 0.3) is 0 Å². The van der Waals surface area contributed by atoms with Crippen LogP contribution in [-0.2, 0) is 34.2 Å². The van der Waals surface area contributed by atoms with Crippen LogP contribution in [0.2, 0.25) is 0 Å². The van der Waals surface area contributed by atoms with Crippen molar-refractivity contribution < 1.29 is 20.1 Å². The van der Waals surface area contributed by atoms with Crippen molar-refractivity contribution in [2.75, 3.05) is 0 Å². The Morgan fingerprint density at radius 3 is 1.82 bits per heavy atom. The molecule has 0 amide bonds. The molecule has 3 aromatic heterocycles. The van der Waals surface area contributed by atoms with Gasteiger partial charge in [0.05, 0.1) is 11.6 Å². The molecule has 2 aromatic carbocycles. The molecular weight excluding hydrogens is 603 g/mol. The average molecular weight is 627 g/mol. The summed E-state index contributed by atoms with van der Waals surface area (Å²) in [6.07, 6.45) is 11.2. The fraction of sp³-hybridized carbons (Fsp3) is 0.154. The van der Waals surface area contributed by atoms with Gasteiger partial charge in [-0.15, -0.1) is 29.3 Å². The van der Waals surface area contributed by atoms with Gasteiger partial charge in [0.1, 0.15) is 0 Å². The van der Waals surface area contributed by atoms with Crippen LogP contribution in [-0.4, -0.2) is 28.9 Å². The summed E-state index contributed by atoms with van der Waals surface area (Å²) in [6, 6.07) is 18.4. The third kappa shape index (κ3) is 5.96. The monoisotopic (exact) mass is 627 g/mol. The molecule has 0 radical (unpaired) electrons. The van der Waals surface area contributed by atoms with Crippen molar-refractivity contribution in [1.82, 2.24) is 28.9 Å². The average Bonchev–Trinajstić information content (AvgIpc) is 3.60. The Labute approximate surface area is 213 Å². The molecule has 0 aliphatic heterocycles. The van der Waals surface area contributed by atoms with Crippen LogP contribution in [0.25, 0.3) is 28.5 Å². The molecule has 0 atom stereocenters. The van der Waals surface area contributed by atoms with Gasteiger partial charge in [-0.3, -0.25) is 14.6 Å². The Morgan fingerprint density at radius 1 is 0.824 bits per heavy atom. The number of hydrogen-bond donors (Lipinski definition) is 0. The van der Waals surface area contributed by atoms with Crippen molar-refractivity contribution in [3.63, 3.8) is 0 Å². The Balaban J connectivity index is 0.000000248. The molecule has 0 aliphatic carbocycles. The second kappa shape index (κ2) is 12.4. The van der Waals surface area contributed by atoms with Crippen LogP contribution >= 0.6 is 0 Å². The summed E-state index contributed by atoms with van der Waals surface area (Å²) < 4.78 is 5.80. The van der Waals surface area contributed by atoms with Crippen LogP contribution in [0.15, 0.2) is 73.6 Å². The number of imidazole rings is 2. The van der Waals surface area contributed by atoms with Gasteiger partial charge in [-0.2, -0.15) is 29.4 Å². The predicted molar refractivity (Wildman–Crippen MR) is 127 cm³/mol. The molecular formula is C26H24IrN7. The number of rotatable bonds is 3. The molecule has 0 N–H and O–H groups in total. The van der Waals surface area contributed by atoms with E-state index in [0.29, 0.717) is 0 Å². The third-order valence-corrected chi connectivity index (χ3v) is 5.01. The van der Waals surface area contributed by atoms with E-state index < -0.39 is 0 Å². The van der Waals surface area contributed by atoms with Gasteiger partial charge in [0, 0.05) is 51.3 Å². The van der Waals surface area contributed by atoms with Gasteiger partial charge in [-0.25, -0.2) is 0 Å². The van der Waals surface area contributed by atoms with Crippen LogP contribution in [0.4, 0.5) is 0 Å². The fourth-order valence-corrected chi connectivity index (χ4v) is 3.41. The van der Waals surface area contributed by atoms with Crippen LogP contribution in [0, 0.1) is 37.8 Å². The van der Waals surface area contributed by atoms with Crippen LogP contribution in [0.3, 0.4) is 0 Å². The van der Waals surface area contributed by atoms with Crippen molar-refractivity contribution in [3.8, 4) is 28.5 Å². The van der Waals surface area contributed by atoms with E-state index in [9.17, 15) is 0 Å². The van der Waals surface area contributed by atoms with Crippen molar-refractivity contribution in [3.05, 3.63) is 103 Å². The predicted octanol–water partition coefficient (Wildman–Crippen LogP) is 4.67. The smallest absolute Gasteiger partial charge is 0.512 e. The van der Waals surface area contributed by atoms with E-state index >= 15 is 0 Å². The Bertz CT molecular complexity index is 1250. The van der Waals surface area contributed by atoms with Crippen LogP contribution in [0.5, 0.6) is 0 Å². The number of hydrogen-bond acceptors (Lipinski definition) is 4. The van der Waals surface area contributed by atoms with E-state index in [1.807, 2.05) is 84.5 Å². The zero-order valence-corrected chi connectivity index (χ0v) is 21.8. The zero-order valence-electron chi connectivity index (χ0n) is 19.4. The maximum atomic E-state index is 6.25. The molecule has 5 aromatic rings. The van der Waals surface area contributed by atoms with E-state index in [1.54, 1.807) is 10.9 Å². The molecule has 0 aliphatic rings. The summed E-state index contributed by atoms with van der Waals surface area (Å²) in [5.41, 5.74) is 5.38. The van der Waals surface area contributed by atoms with E-state index in [-0.39, 0.29) is 20.1 Å². The minimum absolute atomic E-state index is 0. The number of aromatic nitrogens is 6. The van der Waals surface area contributed by atoms with Crippen LogP contribution < -0.4 is 0 Å². The quantitative estimate of drug-likeness (QED) is 0.273. The number of nitrogens with zero attached hydrogens (tertiary/aromatic N) is 7. The summed E-state index contributed by atoms with van der Waals surface area (Å²) in [5.74, 6) is 1.86. The molecule has 0 saturated heterocycles. The molecule has 172 valence electrons. The topological polar surface area (TPSA) is 77.2 Å². The van der Waals surface area contributed by atoms with Crippen molar-refractivity contribution in [2.24, 2.45) is 14.1 Å². The minimum Gasteiger partial charge on any atom is -0.512 e. The fourth-order valence-electron chi connectivity index (χ4n) is 3.41. The summed E-state index contributed by atoms with van der Waals surface area (Å²) in [7, 11) is 3.99. The van der Waals surface area contributed by atoms with E-state index in [0.717, 1.165) is 28.5 Å². The van der Waals surface area contributed by atoms with E-state index in [2.05, 4.69) is 47.1 Å². The number of aryl methyl sites for hydroxylation is 4. The van der Waals surface area contributed by atoms with Gasteiger partial charge in [-0.1, -0.05) is 25.0 Å². The largest absolute Gasteiger partial charge is 3.00 e. The molecule has 7 nitrogen and oxygen atoms in total. The van der Waals surface area contributed by atoms with Crippen molar-refractivity contribution in [1.29, 1.82) is 5.26 Å². The summed E-state index contributed by atoms with van der Waals surface area (Å²) >= 11 is 0. The molecule has 0 spiro atoms.